The van der Waals surface area contributed by atoms with Crippen molar-refractivity contribution < 1.29 is 22.7 Å². The summed E-state index contributed by atoms with van der Waals surface area (Å²) < 4.78 is 45.7. The first kappa shape index (κ1) is 21.4. The van der Waals surface area contributed by atoms with Crippen LogP contribution >= 0.6 is 0 Å². The van der Waals surface area contributed by atoms with Gasteiger partial charge < -0.3 is 10.1 Å². The van der Waals surface area contributed by atoms with Gasteiger partial charge in [-0.1, -0.05) is 25.1 Å². The number of pyridine rings is 1. The summed E-state index contributed by atoms with van der Waals surface area (Å²) >= 11 is 0. The van der Waals surface area contributed by atoms with Gasteiger partial charge in [0.05, 0.1) is 18.2 Å². The van der Waals surface area contributed by atoms with Gasteiger partial charge in [0.2, 0.25) is 5.91 Å². The summed E-state index contributed by atoms with van der Waals surface area (Å²) in [6.07, 6.45) is -4.27. The first-order valence-corrected chi connectivity index (χ1v) is 9.34. The fourth-order valence-electron chi connectivity index (χ4n) is 3.49. The van der Waals surface area contributed by atoms with Gasteiger partial charge in [-0.15, -0.1) is 0 Å². The topological polar surface area (TPSA) is 60.3 Å². The normalized spacial score (nSPS) is 12.6. The van der Waals surface area contributed by atoms with Crippen LogP contribution in [0.5, 0.6) is 5.75 Å². The number of carbonyl (C=O) groups is 1. The van der Waals surface area contributed by atoms with Gasteiger partial charge in [-0.3, -0.25) is 14.2 Å². The van der Waals surface area contributed by atoms with Crippen molar-refractivity contribution in [3.63, 3.8) is 0 Å². The van der Waals surface area contributed by atoms with Crippen LogP contribution in [0.3, 0.4) is 0 Å². The number of benzene rings is 2. The fourth-order valence-corrected chi connectivity index (χ4v) is 3.49. The summed E-state index contributed by atoms with van der Waals surface area (Å²) in [6.45, 7) is 3.51. The molecule has 158 valence electrons. The highest BCUT2D eigenvalue weighted by Gasteiger charge is 2.31. The Morgan fingerprint density at radius 1 is 1.17 bits per heavy atom. The van der Waals surface area contributed by atoms with Crippen LogP contribution in [-0.4, -0.2) is 17.6 Å². The zero-order valence-electron chi connectivity index (χ0n) is 16.7. The number of hydrogen-bond acceptors (Lipinski definition) is 3. The third-order valence-corrected chi connectivity index (χ3v) is 4.92. The van der Waals surface area contributed by atoms with Gasteiger partial charge in [0, 0.05) is 17.1 Å². The lowest BCUT2D eigenvalue weighted by Crippen LogP contribution is -2.33. The predicted molar refractivity (Wildman–Crippen MR) is 109 cm³/mol. The molecule has 0 aliphatic carbocycles. The maximum atomic E-state index is 13.0. The van der Waals surface area contributed by atoms with Crippen LogP contribution in [0.2, 0.25) is 0 Å². The third kappa shape index (κ3) is 4.03. The number of rotatable bonds is 5. The maximum Gasteiger partial charge on any atom is 0.416 e. The average Bonchev–Trinajstić information content (AvgIpc) is 2.70. The number of hydrogen-bond donors (Lipinski definition) is 1. The summed E-state index contributed by atoms with van der Waals surface area (Å²) in [5, 5.41) is 3.26. The smallest absolute Gasteiger partial charge is 0.416 e. The summed E-state index contributed by atoms with van der Waals surface area (Å²) in [7, 11) is 1.47. The van der Waals surface area contributed by atoms with Crippen molar-refractivity contribution in [3.8, 4) is 5.75 Å². The molecule has 1 amide bonds. The molecule has 0 saturated heterocycles. The molecule has 2 aromatic carbocycles. The maximum absolute atomic E-state index is 13.0. The van der Waals surface area contributed by atoms with Gasteiger partial charge >= 0.3 is 6.18 Å². The number of methoxy groups -OCH3 is 1. The zero-order valence-corrected chi connectivity index (χ0v) is 16.7. The Morgan fingerprint density at radius 2 is 1.87 bits per heavy atom. The van der Waals surface area contributed by atoms with Gasteiger partial charge in [-0.25, -0.2) is 0 Å². The number of aromatic nitrogens is 1. The van der Waals surface area contributed by atoms with Crippen molar-refractivity contribution >= 4 is 22.5 Å². The monoisotopic (exact) mass is 418 g/mol. The molecule has 0 saturated carbocycles. The minimum Gasteiger partial charge on any atom is -0.495 e. The van der Waals surface area contributed by atoms with E-state index >= 15 is 0 Å². The van der Waals surface area contributed by atoms with E-state index in [1.165, 1.54) is 29.9 Å². The van der Waals surface area contributed by atoms with Crippen LogP contribution in [-0.2, 0) is 11.0 Å². The van der Waals surface area contributed by atoms with Crippen LogP contribution in [0.4, 0.5) is 18.9 Å². The molecule has 0 bridgehead atoms. The molecule has 0 aliphatic heterocycles. The standard InChI is InChI=1S/C22H21F3N2O3/c1-4-17(21(29)26-15-8-5-7-14(12-15)22(23,24)25)27-19(28)11-13(2)16-9-6-10-18(30-3)20(16)27/h5-12,17H,4H2,1-3H3,(H,26,29). The molecular weight excluding hydrogens is 397 g/mol. The Bertz CT molecular complexity index is 1150. The second-order valence-electron chi connectivity index (χ2n) is 6.88. The van der Waals surface area contributed by atoms with Gasteiger partial charge in [0.25, 0.3) is 5.56 Å². The van der Waals surface area contributed by atoms with E-state index in [9.17, 15) is 22.8 Å². The lowest BCUT2D eigenvalue weighted by Gasteiger charge is -2.22. The molecule has 0 spiro atoms. The molecule has 8 heteroatoms. The molecule has 3 rings (SSSR count). The molecule has 1 N–H and O–H groups in total. The third-order valence-electron chi connectivity index (χ3n) is 4.92. The molecule has 0 fully saturated rings. The first-order valence-electron chi connectivity index (χ1n) is 9.34. The van der Waals surface area contributed by atoms with Gasteiger partial charge in [0.1, 0.15) is 11.8 Å². The lowest BCUT2D eigenvalue weighted by molar-refractivity contribution is -0.137. The second-order valence-corrected chi connectivity index (χ2v) is 6.88. The number of nitrogens with one attached hydrogen (secondary N) is 1. The van der Waals surface area contributed by atoms with Crippen LogP contribution in [0.25, 0.3) is 10.9 Å². The van der Waals surface area contributed by atoms with Crippen molar-refractivity contribution in [1.29, 1.82) is 0 Å². The van der Waals surface area contributed by atoms with Crippen molar-refractivity contribution in [2.45, 2.75) is 32.5 Å². The summed E-state index contributed by atoms with van der Waals surface area (Å²) in [5.41, 5.74) is -0.0532. The van der Waals surface area contributed by atoms with E-state index in [-0.39, 0.29) is 12.1 Å². The van der Waals surface area contributed by atoms with Crippen LogP contribution < -0.4 is 15.6 Å². The number of halogens is 3. The van der Waals surface area contributed by atoms with Gasteiger partial charge in [-0.05, 0) is 43.2 Å². The molecule has 1 heterocycles. The van der Waals surface area contributed by atoms with Crippen molar-refractivity contribution in [1.82, 2.24) is 4.57 Å². The second kappa shape index (κ2) is 8.22. The number of carbonyl (C=O) groups excluding carboxylic acids is 1. The highest BCUT2D eigenvalue weighted by Crippen LogP contribution is 2.32. The molecule has 1 atom stereocenters. The number of aryl methyl sites for hydroxylation is 1. The summed E-state index contributed by atoms with van der Waals surface area (Å²) in [6, 6.07) is 10.2. The number of amides is 1. The number of ether oxygens (including phenoxy) is 1. The fraction of sp³-hybridized carbons (Fsp3) is 0.273. The van der Waals surface area contributed by atoms with Gasteiger partial charge in [-0.2, -0.15) is 13.2 Å². The molecule has 0 radical (unpaired) electrons. The van der Waals surface area contributed by atoms with Crippen molar-refractivity contribution in [3.05, 3.63) is 70.0 Å². The molecule has 5 nitrogen and oxygen atoms in total. The van der Waals surface area contributed by atoms with Crippen molar-refractivity contribution in [2.24, 2.45) is 0 Å². The molecule has 3 aromatic rings. The molecule has 0 aliphatic rings. The number of anilines is 1. The number of alkyl halides is 3. The molecular formula is C22H21F3N2O3. The van der Waals surface area contributed by atoms with E-state index in [2.05, 4.69) is 5.32 Å². The minimum absolute atomic E-state index is 0.00436. The Balaban J connectivity index is 2.08. The zero-order chi connectivity index (χ0) is 22.1. The highest BCUT2D eigenvalue weighted by atomic mass is 19.4. The Hall–Kier alpha value is -3.29. The van der Waals surface area contributed by atoms with E-state index in [4.69, 9.17) is 4.74 Å². The van der Waals surface area contributed by atoms with E-state index in [1.807, 2.05) is 6.07 Å². The number of fused-ring (bicyclic) bond motifs is 1. The van der Waals surface area contributed by atoms with E-state index in [0.717, 1.165) is 23.1 Å². The molecule has 30 heavy (non-hydrogen) atoms. The quantitative estimate of drug-likeness (QED) is 0.639. The largest absolute Gasteiger partial charge is 0.495 e. The lowest BCUT2D eigenvalue weighted by atomic mass is 10.1. The predicted octanol–water partition coefficient (Wildman–Crippen LogP) is 4.93. The summed E-state index contributed by atoms with van der Waals surface area (Å²) in [4.78, 5) is 25.8. The van der Waals surface area contributed by atoms with E-state index in [1.54, 1.807) is 26.0 Å². The molecule has 1 aromatic heterocycles. The first-order chi connectivity index (χ1) is 14.2. The average molecular weight is 418 g/mol. The van der Waals surface area contributed by atoms with Crippen molar-refractivity contribution in [2.75, 3.05) is 12.4 Å². The Morgan fingerprint density at radius 3 is 2.50 bits per heavy atom. The van der Waals surface area contributed by atoms with Crippen LogP contribution in [0.1, 0.15) is 30.5 Å². The number of nitrogens with zero attached hydrogens (tertiary/aromatic N) is 1. The SMILES string of the molecule is CCC(C(=O)Nc1cccc(C(F)(F)F)c1)n1c(=O)cc(C)c2cccc(OC)c21. The number of para-hydroxylation sites is 1. The minimum atomic E-state index is -4.53. The Kier molecular flexibility index (Phi) is 5.87. The summed E-state index contributed by atoms with van der Waals surface area (Å²) in [5.74, 6) is -0.159. The van der Waals surface area contributed by atoms with Crippen LogP contribution in [0, 0.1) is 6.92 Å². The van der Waals surface area contributed by atoms with Gasteiger partial charge in [0.15, 0.2) is 0 Å². The highest BCUT2D eigenvalue weighted by molar-refractivity contribution is 5.96. The Labute approximate surface area is 171 Å². The van der Waals surface area contributed by atoms with E-state index < -0.39 is 29.2 Å². The molecule has 1 unspecified atom stereocenters. The van der Waals surface area contributed by atoms with Crippen LogP contribution in [0.15, 0.2) is 53.3 Å². The van der Waals surface area contributed by atoms with E-state index in [0.29, 0.717) is 11.3 Å².